The summed E-state index contributed by atoms with van der Waals surface area (Å²) in [6, 6.07) is 7.89. The Morgan fingerprint density at radius 3 is 3.07 bits per heavy atom. The number of nitrogens with one attached hydrogen (secondary N) is 3. The minimum Gasteiger partial charge on any atom is -0.361 e. The third-order valence-corrected chi connectivity index (χ3v) is 5.86. The number of aliphatic imine (C=N–C) groups is 1. The SMILES string of the molecule is CN(C)CCNc1ncc(/C=C2\S/C(=N\c3ccc4[nH]ccc4c3)NC2=O)s1. The Morgan fingerprint density at radius 1 is 1.32 bits per heavy atom. The molecule has 4 rings (SSSR count). The van der Waals surface area contributed by atoms with Crippen molar-refractivity contribution in [3.05, 3.63) is 46.4 Å². The van der Waals surface area contributed by atoms with Crippen molar-refractivity contribution >= 4 is 62.0 Å². The number of likely N-dealkylation sites (N-methyl/N-ethyl adjacent to an activating group) is 1. The predicted octanol–water partition coefficient (Wildman–Crippen LogP) is 3.49. The summed E-state index contributed by atoms with van der Waals surface area (Å²) < 4.78 is 0. The summed E-state index contributed by atoms with van der Waals surface area (Å²) >= 11 is 2.87. The number of anilines is 1. The van der Waals surface area contributed by atoms with Gasteiger partial charge in [-0.15, -0.1) is 0 Å². The predicted molar refractivity (Wildman–Crippen MR) is 118 cm³/mol. The van der Waals surface area contributed by atoms with Crippen molar-refractivity contribution in [1.29, 1.82) is 0 Å². The van der Waals surface area contributed by atoms with E-state index in [4.69, 9.17) is 0 Å². The van der Waals surface area contributed by atoms with Gasteiger partial charge in [-0.05, 0) is 56.2 Å². The summed E-state index contributed by atoms with van der Waals surface area (Å²) in [6.45, 7) is 1.76. The van der Waals surface area contributed by atoms with E-state index in [2.05, 4.69) is 30.5 Å². The monoisotopic (exact) mass is 412 g/mol. The third-order valence-electron chi connectivity index (χ3n) is 4.05. The highest BCUT2D eigenvalue weighted by Gasteiger charge is 2.24. The van der Waals surface area contributed by atoms with E-state index in [0.29, 0.717) is 10.1 Å². The average Bonchev–Trinajstić information content (AvgIpc) is 3.36. The first-order valence-corrected chi connectivity index (χ1v) is 10.4. The Kier molecular flexibility index (Phi) is 5.47. The summed E-state index contributed by atoms with van der Waals surface area (Å²) in [6.07, 6.45) is 5.53. The van der Waals surface area contributed by atoms with Crippen LogP contribution in [-0.4, -0.2) is 53.1 Å². The fraction of sp³-hybridized carbons (Fsp3) is 0.211. The van der Waals surface area contributed by atoms with Crippen LogP contribution in [0, 0.1) is 0 Å². The molecule has 0 spiro atoms. The van der Waals surface area contributed by atoms with Gasteiger partial charge in [-0.25, -0.2) is 9.98 Å². The molecule has 0 atom stereocenters. The van der Waals surface area contributed by atoms with Crippen LogP contribution < -0.4 is 10.6 Å². The molecule has 28 heavy (non-hydrogen) atoms. The molecule has 0 unspecified atom stereocenters. The second-order valence-electron chi connectivity index (χ2n) is 6.53. The van der Waals surface area contributed by atoms with Gasteiger partial charge in [0.2, 0.25) is 0 Å². The summed E-state index contributed by atoms with van der Waals surface area (Å²) in [5.74, 6) is -0.137. The normalized spacial score (nSPS) is 17.2. The number of aromatic amines is 1. The summed E-state index contributed by atoms with van der Waals surface area (Å²) in [7, 11) is 4.07. The van der Waals surface area contributed by atoms with Gasteiger partial charge in [0.05, 0.1) is 15.5 Å². The van der Waals surface area contributed by atoms with Gasteiger partial charge in [-0.3, -0.25) is 4.79 Å². The zero-order valence-electron chi connectivity index (χ0n) is 15.5. The molecule has 3 aromatic rings. The number of carbonyl (C=O) groups is 1. The fourth-order valence-electron chi connectivity index (χ4n) is 2.66. The van der Waals surface area contributed by atoms with Gasteiger partial charge >= 0.3 is 0 Å². The van der Waals surface area contributed by atoms with Gasteiger partial charge < -0.3 is 20.5 Å². The Balaban J connectivity index is 1.44. The second kappa shape index (κ2) is 8.17. The maximum atomic E-state index is 12.3. The lowest BCUT2D eigenvalue weighted by atomic mass is 10.2. The molecule has 144 valence electrons. The van der Waals surface area contributed by atoms with E-state index in [1.54, 1.807) is 6.20 Å². The van der Waals surface area contributed by atoms with Crippen LogP contribution in [0.15, 0.2) is 46.6 Å². The minimum atomic E-state index is -0.137. The quantitative estimate of drug-likeness (QED) is 0.540. The Morgan fingerprint density at radius 2 is 2.21 bits per heavy atom. The van der Waals surface area contributed by atoms with Crippen molar-refractivity contribution in [2.75, 3.05) is 32.5 Å². The van der Waals surface area contributed by atoms with E-state index >= 15 is 0 Å². The number of hydrogen-bond acceptors (Lipinski definition) is 7. The highest BCUT2D eigenvalue weighted by Crippen LogP contribution is 2.30. The molecule has 3 heterocycles. The summed E-state index contributed by atoms with van der Waals surface area (Å²) in [5, 5.41) is 8.64. The van der Waals surface area contributed by atoms with E-state index in [-0.39, 0.29) is 5.91 Å². The largest absolute Gasteiger partial charge is 0.361 e. The standard InChI is InChI=1S/C19H20N6OS2/c1-25(2)8-7-21-18-22-11-14(27-18)10-16-17(26)24-19(28-16)23-13-3-4-15-12(9-13)5-6-20-15/h3-6,9-11,20H,7-8H2,1-2H3,(H,21,22)(H,23,24,26)/b16-10-. The highest BCUT2D eigenvalue weighted by molar-refractivity contribution is 8.18. The van der Waals surface area contributed by atoms with Crippen molar-refractivity contribution in [1.82, 2.24) is 20.2 Å². The molecule has 0 bridgehead atoms. The molecule has 9 heteroatoms. The third kappa shape index (κ3) is 4.44. The first-order valence-electron chi connectivity index (χ1n) is 8.78. The van der Waals surface area contributed by atoms with Gasteiger partial charge in [-0.2, -0.15) is 0 Å². The zero-order chi connectivity index (χ0) is 19.5. The lowest BCUT2D eigenvalue weighted by Crippen LogP contribution is -2.20. The molecule has 3 N–H and O–H groups in total. The molecular formula is C19H20N6OS2. The van der Waals surface area contributed by atoms with E-state index < -0.39 is 0 Å². The number of thiazole rings is 1. The number of nitrogens with zero attached hydrogens (tertiary/aromatic N) is 3. The zero-order valence-corrected chi connectivity index (χ0v) is 17.2. The van der Waals surface area contributed by atoms with Crippen molar-refractivity contribution < 1.29 is 4.79 Å². The molecule has 1 aliphatic heterocycles. The Hall–Kier alpha value is -2.62. The van der Waals surface area contributed by atoms with E-state index in [1.165, 1.54) is 23.1 Å². The number of H-pyrrole nitrogens is 1. The summed E-state index contributed by atoms with van der Waals surface area (Å²) in [4.78, 5) is 28.0. The number of benzene rings is 1. The van der Waals surface area contributed by atoms with Crippen molar-refractivity contribution in [3.8, 4) is 0 Å². The smallest absolute Gasteiger partial charge is 0.264 e. The van der Waals surface area contributed by atoms with E-state index in [9.17, 15) is 4.79 Å². The number of rotatable bonds is 6. The molecule has 1 fully saturated rings. The molecule has 0 radical (unpaired) electrons. The van der Waals surface area contributed by atoms with Gasteiger partial charge in [0.1, 0.15) is 0 Å². The lowest BCUT2D eigenvalue weighted by Gasteiger charge is -2.08. The van der Waals surface area contributed by atoms with E-state index in [1.807, 2.05) is 50.6 Å². The number of thioether (sulfide) groups is 1. The number of fused-ring (bicyclic) bond motifs is 1. The second-order valence-corrected chi connectivity index (χ2v) is 8.62. The first-order chi connectivity index (χ1) is 13.6. The Bertz CT molecular complexity index is 1070. The fourth-order valence-corrected chi connectivity index (χ4v) is 4.35. The maximum Gasteiger partial charge on any atom is 0.264 e. The van der Waals surface area contributed by atoms with E-state index in [0.717, 1.165) is 39.7 Å². The van der Waals surface area contributed by atoms with Crippen molar-refractivity contribution in [2.45, 2.75) is 0 Å². The van der Waals surface area contributed by atoms with Crippen LogP contribution in [0.3, 0.4) is 0 Å². The highest BCUT2D eigenvalue weighted by atomic mass is 32.2. The van der Waals surface area contributed by atoms with Crippen LogP contribution in [-0.2, 0) is 4.79 Å². The van der Waals surface area contributed by atoms with Crippen LogP contribution in [0.4, 0.5) is 10.8 Å². The first kappa shape index (κ1) is 18.7. The van der Waals surface area contributed by atoms with Gasteiger partial charge in [-0.1, -0.05) is 11.3 Å². The van der Waals surface area contributed by atoms with Crippen LogP contribution in [0.2, 0.25) is 0 Å². The number of aromatic nitrogens is 2. The van der Waals surface area contributed by atoms with Crippen LogP contribution >= 0.6 is 23.1 Å². The maximum absolute atomic E-state index is 12.3. The van der Waals surface area contributed by atoms with Crippen LogP contribution in [0.25, 0.3) is 17.0 Å². The van der Waals surface area contributed by atoms with Crippen molar-refractivity contribution in [3.63, 3.8) is 0 Å². The van der Waals surface area contributed by atoms with Crippen molar-refractivity contribution in [2.24, 2.45) is 4.99 Å². The molecule has 1 aliphatic rings. The minimum absolute atomic E-state index is 0.137. The molecule has 0 aliphatic carbocycles. The van der Waals surface area contributed by atoms with Gasteiger partial charge in [0.25, 0.3) is 5.91 Å². The molecule has 2 aromatic heterocycles. The number of amidine groups is 1. The Labute approximate surface area is 171 Å². The van der Waals surface area contributed by atoms with Crippen LogP contribution in [0.5, 0.6) is 0 Å². The van der Waals surface area contributed by atoms with Gasteiger partial charge in [0.15, 0.2) is 10.3 Å². The molecule has 1 amide bonds. The molecule has 0 saturated carbocycles. The molecule has 1 aromatic carbocycles. The number of hydrogen-bond donors (Lipinski definition) is 3. The topological polar surface area (TPSA) is 85.4 Å². The number of amides is 1. The number of carbonyl (C=O) groups excluding carboxylic acids is 1. The molecule has 1 saturated heterocycles. The lowest BCUT2D eigenvalue weighted by molar-refractivity contribution is -0.115. The summed E-state index contributed by atoms with van der Waals surface area (Å²) in [5.41, 5.74) is 1.87. The average molecular weight is 413 g/mol. The van der Waals surface area contributed by atoms with Crippen LogP contribution in [0.1, 0.15) is 4.88 Å². The van der Waals surface area contributed by atoms with Gasteiger partial charge in [0, 0.05) is 36.4 Å². The molecular weight excluding hydrogens is 392 g/mol. The molecule has 7 nitrogen and oxygen atoms in total.